The van der Waals surface area contributed by atoms with Crippen molar-refractivity contribution in [2.45, 2.75) is 26.1 Å². The van der Waals surface area contributed by atoms with Crippen LogP contribution >= 0.6 is 11.3 Å². The van der Waals surface area contributed by atoms with E-state index in [0.717, 1.165) is 36.0 Å². The minimum atomic E-state index is 0.274. The number of aromatic nitrogens is 3. The Kier molecular flexibility index (Phi) is 3.65. The maximum absolute atomic E-state index is 5.72. The van der Waals surface area contributed by atoms with Crippen LogP contribution < -0.4 is 5.32 Å². The number of thiazole rings is 1. The van der Waals surface area contributed by atoms with Gasteiger partial charge in [-0.2, -0.15) is 0 Å². The maximum atomic E-state index is 5.72. The molecule has 0 amide bonds. The lowest BCUT2D eigenvalue weighted by molar-refractivity contribution is 0.0564. The Morgan fingerprint density at radius 1 is 1.45 bits per heavy atom. The van der Waals surface area contributed by atoms with E-state index >= 15 is 0 Å². The van der Waals surface area contributed by atoms with Crippen LogP contribution in [0.25, 0.3) is 11.0 Å². The van der Waals surface area contributed by atoms with Crippen LogP contribution in [-0.4, -0.2) is 27.7 Å². The summed E-state index contributed by atoms with van der Waals surface area (Å²) in [5.74, 6) is 1.02. The van der Waals surface area contributed by atoms with E-state index in [-0.39, 0.29) is 6.04 Å². The molecular formula is C16H18N4OS. The molecule has 5 nitrogen and oxygen atoms in total. The van der Waals surface area contributed by atoms with Gasteiger partial charge in [0.2, 0.25) is 0 Å². The first-order valence-corrected chi connectivity index (χ1v) is 8.33. The first-order valence-electron chi connectivity index (χ1n) is 7.45. The number of nitrogens with zero attached hydrogens (tertiary/aromatic N) is 3. The number of hydrogen-bond acceptors (Lipinski definition) is 5. The summed E-state index contributed by atoms with van der Waals surface area (Å²) >= 11 is 1.68. The minimum absolute atomic E-state index is 0.274. The number of aryl methyl sites for hydroxylation is 1. The molecule has 0 saturated carbocycles. The van der Waals surface area contributed by atoms with Crippen LogP contribution in [0, 0.1) is 6.92 Å². The number of rotatable bonds is 4. The Bertz CT molecular complexity index is 781. The first kappa shape index (κ1) is 13.9. The fraction of sp³-hybridized carbons (Fsp3) is 0.375. The zero-order valence-electron chi connectivity index (χ0n) is 12.5. The summed E-state index contributed by atoms with van der Waals surface area (Å²) in [4.78, 5) is 9.02. The molecule has 0 spiro atoms. The van der Waals surface area contributed by atoms with Gasteiger partial charge < -0.3 is 14.6 Å². The monoisotopic (exact) mass is 314 g/mol. The lowest BCUT2D eigenvalue weighted by atomic mass is 10.2. The molecule has 6 heteroatoms. The maximum Gasteiger partial charge on any atom is 0.136 e. The van der Waals surface area contributed by atoms with Crippen molar-refractivity contribution in [2.75, 3.05) is 13.2 Å². The fourth-order valence-corrected chi connectivity index (χ4v) is 3.55. The van der Waals surface area contributed by atoms with Gasteiger partial charge in [0, 0.05) is 24.7 Å². The van der Waals surface area contributed by atoms with Crippen LogP contribution in [-0.2, 0) is 17.9 Å². The molecule has 1 atom stereocenters. The summed E-state index contributed by atoms with van der Waals surface area (Å²) in [5.41, 5.74) is 3.50. The molecule has 0 bridgehead atoms. The second-order valence-corrected chi connectivity index (χ2v) is 6.60. The molecule has 3 aromatic rings. The molecule has 0 radical (unpaired) electrons. The molecule has 3 heterocycles. The molecule has 0 aliphatic carbocycles. The largest absolute Gasteiger partial charge is 0.371 e. The third kappa shape index (κ3) is 2.54. The van der Waals surface area contributed by atoms with Gasteiger partial charge in [0.05, 0.1) is 23.7 Å². The Morgan fingerprint density at radius 3 is 3.27 bits per heavy atom. The van der Waals surface area contributed by atoms with E-state index in [1.807, 2.05) is 11.6 Å². The van der Waals surface area contributed by atoms with Crippen molar-refractivity contribution in [3.05, 3.63) is 46.2 Å². The molecule has 1 aromatic carbocycles. The van der Waals surface area contributed by atoms with Gasteiger partial charge in [-0.15, -0.1) is 11.3 Å². The number of nitrogens with one attached hydrogen (secondary N) is 1. The summed E-state index contributed by atoms with van der Waals surface area (Å²) in [5, 5.41) is 6.60. The number of imidazole rings is 1. The van der Waals surface area contributed by atoms with E-state index in [4.69, 9.17) is 9.72 Å². The minimum Gasteiger partial charge on any atom is -0.371 e. The molecule has 1 aliphatic heterocycles. The SMILES string of the molecule is Cc1ccc2c(c1)nc1n2[C@@H](CNCc2nccs2)COC1. The average Bonchev–Trinajstić information content (AvgIpc) is 3.14. The highest BCUT2D eigenvalue weighted by Crippen LogP contribution is 2.26. The summed E-state index contributed by atoms with van der Waals surface area (Å²) in [6.07, 6.45) is 1.84. The standard InChI is InChI=1S/C16H18N4OS/c1-11-2-3-14-13(6-11)19-15-10-21-9-12(20(14)15)7-17-8-16-18-4-5-22-16/h2-6,12,17H,7-10H2,1H3/t12-/m0/s1. The van der Waals surface area contributed by atoms with Crippen molar-refractivity contribution in [3.8, 4) is 0 Å². The number of fused-ring (bicyclic) bond motifs is 3. The van der Waals surface area contributed by atoms with Crippen LogP contribution in [0.15, 0.2) is 29.8 Å². The van der Waals surface area contributed by atoms with E-state index in [0.29, 0.717) is 6.61 Å². The highest BCUT2D eigenvalue weighted by atomic mass is 32.1. The van der Waals surface area contributed by atoms with E-state index < -0.39 is 0 Å². The van der Waals surface area contributed by atoms with Gasteiger partial charge in [0.15, 0.2) is 0 Å². The van der Waals surface area contributed by atoms with Gasteiger partial charge in [-0.1, -0.05) is 6.07 Å². The van der Waals surface area contributed by atoms with Gasteiger partial charge in [0.1, 0.15) is 17.4 Å². The normalized spacial score (nSPS) is 17.8. The van der Waals surface area contributed by atoms with Crippen molar-refractivity contribution in [2.24, 2.45) is 0 Å². The van der Waals surface area contributed by atoms with Gasteiger partial charge in [-0.05, 0) is 24.6 Å². The Balaban J connectivity index is 1.57. The van der Waals surface area contributed by atoms with Gasteiger partial charge in [-0.3, -0.25) is 0 Å². The van der Waals surface area contributed by atoms with Crippen molar-refractivity contribution >= 4 is 22.4 Å². The van der Waals surface area contributed by atoms with Crippen molar-refractivity contribution in [1.29, 1.82) is 0 Å². The summed E-state index contributed by atoms with van der Waals surface area (Å²) in [6, 6.07) is 6.73. The molecule has 0 unspecified atom stereocenters. The number of ether oxygens (including phenoxy) is 1. The quantitative estimate of drug-likeness (QED) is 0.804. The molecule has 114 valence electrons. The predicted octanol–water partition coefficient (Wildman–Crippen LogP) is 2.66. The van der Waals surface area contributed by atoms with Crippen LogP contribution in [0.2, 0.25) is 0 Å². The third-order valence-electron chi connectivity index (χ3n) is 3.96. The average molecular weight is 314 g/mol. The second-order valence-electron chi connectivity index (χ2n) is 5.62. The van der Waals surface area contributed by atoms with Crippen LogP contribution in [0.1, 0.15) is 22.4 Å². The zero-order chi connectivity index (χ0) is 14.9. The Hall–Kier alpha value is -1.76. The Morgan fingerprint density at radius 2 is 2.41 bits per heavy atom. The highest BCUT2D eigenvalue weighted by Gasteiger charge is 2.23. The van der Waals surface area contributed by atoms with Gasteiger partial charge >= 0.3 is 0 Å². The fourth-order valence-electron chi connectivity index (χ4n) is 2.96. The van der Waals surface area contributed by atoms with E-state index in [2.05, 4.69) is 40.0 Å². The van der Waals surface area contributed by atoms with Crippen LogP contribution in [0.5, 0.6) is 0 Å². The van der Waals surface area contributed by atoms with E-state index in [1.54, 1.807) is 11.3 Å². The Labute approximate surface area is 133 Å². The van der Waals surface area contributed by atoms with Crippen LogP contribution in [0.3, 0.4) is 0 Å². The lowest BCUT2D eigenvalue weighted by Gasteiger charge is -2.26. The molecule has 4 rings (SSSR count). The van der Waals surface area contributed by atoms with Crippen molar-refractivity contribution in [1.82, 2.24) is 19.9 Å². The smallest absolute Gasteiger partial charge is 0.136 e. The van der Waals surface area contributed by atoms with E-state index in [9.17, 15) is 0 Å². The predicted molar refractivity (Wildman–Crippen MR) is 87.0 cm³/mol. The highest BCUT2D eigenvalue weighted by molar-refractivity contribution is 7.09. The molecular weight excluding hydrogens is 296 g/mol. The molecule has 22 heavy (non-hydrogen) atoms. The number of benzene rings is 1. The summed E-state index contributed by atoms with van der Waals surface area (Å²) in [7, 11) is 0. The van der Waals surface area contributed by atoms with Crippen molar-refractivity contribution < 1.29 is 4.74 Å². The summed E-state index contributed by atoms with van der Waals surface area (Å²) < 4.78 is 8.05. The van der Waals surface area contributed by atoms with Gasteiger partial charge in [0.25, 0.3) is 0 Å². The third-order valence-corrected chi connectivity index (χ3v) is 4.74. The molecule has 1 aliphatic rings. The number of hydrogen-bond donors (Lipinski definition) is 1. The molecule has 0 saturated heterocycles. The lowest BCUT2D eigenvalue weighted by Crippen LogP contribution is -2.32. The van der Waals surface area contributed by atoms with E-state index in [1.165, 1.54) is 11.1 Å². The topological polar surface area (TPSA) is 52.0 Å². The molecule has 1 N–H and O–H groups in total. The van der Waals surface area contributed by atoms with Gasteiger partial charge in [-0.25, -0.2) is 9.97 Å². The second kappa shape index (κ2) is 5.79. The first-order chi connectivity index (χ1) is 10.8. The summed E-state index contributed by atoms with van der Waals surface area (Å²) in [6.45, 7) is 5.07. The zero-order valence-corrected chi connectivity index (χ0v) is 13.3. The molecule has 2 aromatic heterocycles. The van der Waals surface area contributed by atoms with Crippen molar-refractivity contribution in [3.63, 3.8) is 0 Å². The molecule has 0 fully saturated rings. The van der Waals surface area contributed by atoms with Crippen LogP contribution in [0.4, 0.5) is 0 Å².